The molecule has 0 spiro atoms. The van der Waals surface area contributed by atoms with Crippen LogP contribution in [0.25, 0.3) is 0 Å². The zero-order valence-electron chi connectivity index (χ0n) is 13.7. The predicted molar refractivity (Wildman–Crippen MR) is 98.9 cm³/mol. The SMILES string of the molecule is CCCOP(=O)(OCCC)[C@@H](OS(=O)(=O)c1ccccc1)C(Cl)(Cl)Cl. The normalized spacial score (nSPS) is 14.4. The van der Waals surface area contributed by atoms with E-state index in [1.54, 1.807) is 19.9 Å². The van der Waals surface area contributed by atoms with Crippen molar-refractivity contribution in [3.05, 3.63) is 30.3 Å². The summed E-state index contributed by atoms with van der Waals surface area (Å²) in [6, 6.07) is 7.23. The van der Waals surface area contributed by atoms with Crippen molar-refractivity contribution in [3.8, 4) is 0 Å². The topological polar surface area (TPSA) is 78.9 Å². The molecule has 0 heterocycles. The van der Waals surface area contributed by atoms with Crippen LogP contribution in [-0.4, -0.2) is 31.3 Å². The van der Waals surface area contributed by atoms with Gasteiger partial charge in [-0.25, -0.2) is 4.18 Å². The first-order valence-corrected chi connectivity index (χ1v) is 11.7. The van der Waals surface area contributed by atoms with Gasteiger partial charge >= 0.3 is 7.60 Å². The van der Waals surface area contributed by atoms with Crippen molar-refractivity contribution < 1.29 is 26.2 Å². The molecule has 0 bridgehead atoms. The van der Waals surface area contributed by atoms with E-state index in [9.17, 15) is 13.0 Å². The highest BCUT2D eigenvalue weighted by Gasteiger charge is 2.52. The Morgan fingerprint density at radius 3 is 1.92 bits per heavy atom. The maximum absolute atomic E-state index is 13.1. The van der Waals surface area contributed by atoms with Crippen LogP contribution in [0.2, 0.25) is 0 Å². The van der Waals surface area contributed by atoms with Crippen LogP contribution in [0.15, 0.2) is 35.2 Å². The Bertz CT molecular complexity index is 666. The standard InChI is InChI=1S/C14H20Cl3O6PS/c1-3-10-21-24(18,22-11-4-2)13(14(15,16)17)23-25(19,20)12-8-6-5-7-9-12/h5-9,13H,3-4,10-11H2,1-2H3/t13-/m1/s1. The molecule has 25 heavy (non-hydrogen) atoms. The van der Waals surface area contributed by atoms with Crippen molar-refractivity contribution in [1.29, 1.82) is 0 Å². The summed E-state index contributed by atoms with van der Waals surface area (Å²) in [6.07, 6.45) is 0.995. The van der Waals surface area contributed by atoms with Gasteiger partial charge in [0.15, 0.2) is 0 Å². The zero-order chi connectivity index (χ0) is 19.1. The summed E-state index contributed by atoms with van der Waals surface area (Å²) in [5.74, 6) is -1.95. The molecule has 1 aromatic rings. The molecule has 0 fully saturated rings. The van der Waals surface area contributed by atoms with Crippen LogP contribution in [0.5, 0.6) is 0 Å². The van der Waals surface area contributed by atoms with E-state index in [-0.39, 0.29) is 18.1 Å². The van der Waals surface area contributed by atoms with Gasteiger partial charge in [-0.15, -0.1) is 0 Å². The molecule has 0 aliphatic carbocycles. The molecule has 0 N–H and O–H groups in total. The molecule has 0 aliphatic heterocycles. The maximum atomic E-state index is 13.1. The fraction of sp³-hybridized carbons (Fsp3) is 0.571. The van der Waals surface area contributed by atoms with Crippen LogP contribution in [0.3, 0.4) is 0 Å². The lowest BCUT2D eigenvalue weighted by Gasteiger charge is -2.30. The van der Waals surface area contributed by atoms with Crippen LogP contribution in [0, 0.1) is 0 Å². The van der Waals surface area contributed by atoms with E-state index in [4.69, 9.17) is 48.0 Å². The van der Waals surface area contributed by atoms with Crippen molar-refractivity contribution in [2.24, 2.45) is 0 Å². The van der Waals surface area contributed by atoms with Crippen LogP contribution < -0.4 is 0 Å². The predicted octanol–water partition coefficient (Wildman–Crippen LogP) is 5.13. The lowest BCUT2D eigenvalue weighted by atomic mass is 10.4. The number of hydrogen-bond donors (Lipinski definition) is 0. The highest BCUT2D eigenvalue weighted by molar-refractivity contribution is 7.87. The van der Waals surface area contributed by atoms with Crippen LogP contribution in [-0.2, 0) is 27.9 Å². The molecule has 0 aliphatic rings. The number of benzene rings is 1. The molecule has 144 valence electrons. The summed E-state index contributed by atoms with van der Waals surface area (Å²) in [6.45, 7) is 3.59. The minimum atomic E-state index is -4.36. The highest BCUT2D eigenvalue weighted by Crippen LogP contribution is 2.61. The molecule has 1 rings (SSSR count). The summed E-state index contributed by atoms with van der Waals surface area (Å²) in [4.78, 5) is -0.174. The summed E-state index contributed by atoms with van der Waals surface area (Å²) < 4.78 is 51.1. The number of alkyl halides is 3. The first-order chi connectivity index (χ1) is 11.6. The van der Waals surface area contributed by atoms with Gasteiger partial charge in [0.25, 0.3) is 10.1 Å². The smallest absolute Gasteiger partial charge is 0.307 e. The summed E-state index contributed by atoms with van der Waals surface area (Å²) in [5, 5.41) is 0. The largest absolute Gasteiger partial charge is 0.365 e. The van der Waals surface area contributed by atoms with Gasteiger partial charge in [0.2, 0.25) is 9.64 Å². The average molecular weight is 454 g/mol. The Balaban J connectivity index is 3.24. The third-order valence-electron chi connectivity index (χ3n) is 2.77. The van der Waals surface area contributed by atoms with Crippen LogP contribution in [0.4, 0.5) is 0 Å². The van der Waals surface area contributed by atoms with Gasteiger partial charge in [-0.1, -0.05) is 66.8 Å². The third kappa shape index (κ3) is 7.00. The summed E-state index contributed by atoms with van der Waals surface area (Å²) >= 11 is 17.5. The second kappa shape index (κ2) is 9.90. The van der Waals surface area contributed by atoms with Crippen molar-refractivity contribution >= 4 is 52.5 Å². The Morgan fingerprint density at radius 2 is 1.52 bits per heavy atom. The van der Waals surface area contributed by atoms with Crippen molar-refractivity contribution in [1.82, 2.24) is 0 Å². The molecule has 11 heteroatoms. The van der Waals surface area contributed by atoms with Gasteiger partial charge in [-0.3, -0.25) is 4.57 Å². The maximum Gasteiger partial charge on any atom is 0.365 e. The van der Waals surface area contributed by atoms with E-state index < -0.39 is 27.4 Å². The monoisotopic (exact) mass is 452 g/mol. The first kappa shape index (κ1) is 23.2. The van der Waals surface area contributed by atoms with Crippen molar-refractivity contribution in [2.45, 2.75) is 41.2 Å². The van der Waals surface area contributed by atoms with Gasteiger partial charge in [0.1, 0.15) is 0 Å². The van der Waals surface area contributed by atoms with Crippen molar-refractivity contribution in [3.63, 3.8) is 0 Å². The van der Waals surface area contributed by atoms with Crippen LogP contribution >= 0.6 is 42.4 Å². The number of rotatable bonds is 10. The van der Waals surface area contributed by atoms with E-state index in [0.29, 0.717) is 12.8 Å². The second-order valence-electron chi connectivity index (χ2n) is 4.96. The Hall–Kier alpha value is 0.150. The molecular weight excluding hydrogens is 434 g/mol. The average Bonchev–Trinajstić information content (AvgIpc) is 2.56. The molecule has 0 saturated heterocycles. The van der Waals surface area contributed by atoms with Crippen molar-refractivity contribution in [2.75, 3.05) is 13.2 Å². The fourth-order valence-corrected chi connectivity index (χ4v) is 6.35. The Morgan fingerprint density at radius 1 is 1.04 bits per heavy atom. The van der Waals surface area contributed by atoms with Gasteiger partial charge < -0.3 is 9.05 Å². The fourth-order valence-electron chi connectivity index (χ4n) is 1.66. The van der Waals surface area contributed by atoms with E-state index in [1.165, 1.54) is 24.3 Å². The number of hydrogen-bond acceptors (Lipinski definition) is 6. The first-order valence-electron chi connectivity index (χ1n) is 7.50. The zero-order valence-corrected chi connectivity index (χ0v) is 17.7. The molecule has 0 amide bonds. The third-order valence-corrected chi connectivity index (χ3v) is 7.41. The van der Waals surface area contributed by atoms with Gasteiger partial charge in [0, 0.05) is 0 Å². The number of halogens is 3. The summed E-state index contributed by atoms with van der Waals surface area (Å²) in [7, 11) is -8.56. The van der Waals surface area contributed by atoms with Crippen LogP contribution in [0.1, 0.15) is 26.7 Å². The summed E-state index contributed by atoms with van der Waals surface area (Å²) in [5.41, 5.74) is 0. The second-order valence-corrected chi connectivity index (χ2v) is 11.0. The quantitative estimate of drug-likeness (QED) is 0.277. The molecular formula is C14H20Cl3O6PS. The lowest BCUT2D eigenvalue weighted by molar-refractivity contribution is 0.155. The Kier molecular flexibility index (Phi) is 9.19. The Labute approximate surface area is 163 Å². The van der Waals surface area contributed by atoms with E-state index in [2.05, 4.69) is 0 Å². The minimum absolute atomic E-state index is 0.0208. The van der Waals surface area contributed by atoms with Gasteiger partial charge in [0.05, 0.1) is 18.1 Å². The van der Waals surface area contributed by atoms with Gasteiger partial charge in [-0.05, 0) is 25.0 Å². The molecule has 1 atom stereocenters. The minimum Gasteiger partial charge on any atom is -0.307 e. The van der Waals surface area contributed by atoms with E-state index in [0.717, 1.165) is 0 Å². The molecule has 0 unspecified atom stereocenters. The van der Waals surface area contributed by atoms with Gasteiger partial charge in [-0.2, -0.15) is 8.42 Å². The van der Waals surface area contributed by atoms with E-state index >= 15 is 0 Å². The molecule has 0 radical (unpaired) electrons. The highest BCUT2D eigenvalue weighted by atomic mass is 35.6. The lowest BCUT2D eigenvalue weighted by Crippen LogP contribution is -2.33. The molecule has 0 aromatic heterocycles. The molecule has 1 aromatic carbocycles. The molecule has 0 saturated carbocycles. The van der Waals surface area contributed by atoms with E-state index in [1.807, 2.05) is 0 Å². The molecule has 6 nitrogen and oxygen atoms in total.